The summed E-state index contributed by atoms with van der Waals surface area (Å²) in [6.45, 7) is 2.52. The zero-order valence-corrected chi connectivity index (χ0v) is 16.7. The largest absolute Gasteiger partial charge is 0.497 e. The van der Waals surface area contributed by atoms with E-state index in [1.54, 1.807) is 7.11 Å². The Labute approximate surface area is 168 Å². The lowest BCUT2D eigenvalue weighted by molar-refractivity contribution is 0.304. The van der Waals surface area contributed by atoms with E-state index < -0.39 is 0 Å². The van der Waals surface area contributed by atoms with Crippen LogP contribution in [-0.4, -0.2) is 21.6 Å². The maximum absolute atomic E-state index is 6.14. The monoisotopic (exact) mass is 393 g/mol. The molecule has 0 radical (unpaired) electrons. The van der Waals surface area contributed by atoms with Crippen LogP contribution in [0.3, 0.4) is 0 Å². The first kappa shape index (κ1) is 18.3. The van der Waals surface area contributed by atoms with E-state index in [4.69, 9.17) is 21.1 Å². The van der Waals surface area contributed by atoms with Crippen LogP contribution in [0.15, 0.2) is 54.7 Å². The van der Waals surface area contributed by atoms with Crippen LogP contribution in [0, 0.1) is 6.92 Å². The van der Waals surface area contributed by atoms with E-state index in [9.17, 15) is 0 Å². The first-order chi connectivity index (χ1) is 13.5. The highest BCUT2D eigenvalue weighted by Gasteiger charge is 2.13. The summed E-state index contributed by atoms with van der Waals surface area (Å²) in [4.78, 5) is 8.77. The SMILES string of the molecule is COc1ccc(COc2ccc(-c3nc(Cl)nc4c3ccn4C)cc2C)cc1. The predicted octanol–water partition coefficient (Wildman–Crippen LogP) is 5.18. The van der Waals surface area contributed by atoms with Gasteiger partial charge >= 0.3 is 0 Å². The third-order valence-corrected chi connectivity index (χ3v) is 4.87. The van der Waals surface area contributed by atoms with E-state index in [2.05, 4.69) is 16.0 Å². The Kier molecular flexibility index (Phi) is 4.92. The summed E-state index contributed by atoms with van der Waals surface area (Å²) in [6.07, 6.45) is 1.96. The fourth-order valence-corrected chi connectivity index (χ4v) is 3.34. The molecule has 0 N–H and O–H groups in total. The van der Waals surface area contributed by atoms with Crippen molar-refractivity contribution in [1.82, 2.24) is 14.5 Å². The van der Waals surface area contributed by atoms with Crippen molar-refractivity contribution in [3.8, 4) is 22.8 Å². The van der Waals surface area contributed by atoms with Gasteiger partial charge in [-0.3, -0.25) is 0 Å². The van der Waals surface area contributed by atoms with Crippen LogP contribution < -0.4 is 9.47 Å². The second kappa shape index (κ2) is 7.52. The van der Waals surface area contributed by atoms with Gasteiger partial charge < -0.3 is 14.0 Å². The number of hydrogen-bond donors (Lipinski definition) is 0. The molecule has 2 aromatic heterocycles. The third-order valence-electron chi connectivity index (χ3n) is 4.70. The van der Waals surface area contributed by atoms with Crippen molar-refractivity contribution in [2.24, 2.45) is 7.05 Å². The van der Waals surface area contributed by atoms with Gasteiger partial charge in [-0.25, -0.2) is 4.98 Å². The maximum Gasteiger partial charge on any atom is 0.224 e. The van der Waals surface area contributed by atoms with Gasteiger partial charge in [0.2, 0.25) is 5.28 Å². The second-order valence-electron chi connectivity index (χ2n) is 6.62. The van der Waals surface area contributed by atoms with Gasteiger partial charge in [-0.05, 0) is 66.0 Å². The molecule has 0 atom stereocenters. The average molecular weight is 394 g/mol. The van der Waals surface area contributed by atoms with Crippen LogP contribution in [0.25, 0.3) is 22.3 Å². The Morgan fingerprint density at radius 2 is 1.82 bits per heavy atom. The van der Waals surface area contributed by atoms with Crippen molar-refractivity contribution in [3.05, 3.63) is 71.1 Å². The molecule has 142 valence electrons. The molecule has 0 amide bonds. The molecule has 0 fully saturated rings. The van der Waals surface area contributed by atoms with Crippen LogP contribution in [0.1, 0.15) is 11.1 Å². The van der Waals surface area contributed by atoms with E-state index in [0.717, 1.165) is 44.9 Å². The molecule has 2 heterocycles. The van der Waals surface area contributed by atoms with Gasteiger partial charge in [0.05, 0.1) is 12.8 Å². The highest BCUT2D eigenvalue weighted by Crippen LogP contribution is 2.31. The summed E-state index contributed by atoms with van der Waals surface area (Å²) in [5, 5.41) is 1.21. The normalized spacial score (nSPS) is 11.0. The summed E-state index contributed by atoms with van der Waals surface area (Å²) in [5.74, 6) is 1.67. The summed E-state index contributed by atoms with van der Waals surface area (Å²) in [6, 6.07) is 15.9. The van der Waals surface area contributed by atoms with Gasteiger partial charge in [0, 0.05) is 24.2 Å². The first-order valence-electron chi connectivity index (χ1n) is 8.90. The number of ether oxygens (including phenoxy) is 2. The Hall–Kier alpha value is -3.05. The molecule has 28 heavy (non-hydrogen) atoms. The fraction of sp³-hybridized carbons (Fsp3) is 0.182. The number of aromatic nitrogens is 3. The quantitative estimate of drug-likeness (QED) is 0.438. The Morgan fingerprint density at radius 1 is 1.04 bits per heavy atom. The van der Waals surface area contributed by atoms with Gasteiger partial charge in [-0.1, -0.05) is 12.1 Å². The lowest BCUT2D eigenvalue weighted by Crippen LogP contribution is -1.98. The molecule has 0 aliphatic rings. The predicted molar refractivity (Wildman–Crippen MR) is 111 cm³/mol. The van der Waals surface area contributed by atoms with Crippen molar-refractivity contribution in [3.63, 3.8) is 0 Å². The minimum Gasteiger partial charge on any atom is -0.497 e. The molecule has 0 unspecified atom stereocenters. The van der Waals surface area contributed by atoms with Gasteiger partial charge in [0.1, 0.15) is 23.8 Å². The minimum atomic E-state index is 0.238. The van der Waals surface area contributed by atoms with E-state index in [0.29, 0.717) is 6.61 Å². The number of fused-ring (bicyclic) bond motifs is 1. The van der Waals surface area contributed by atoms with Crippen molar-refractivity contribution < 1.29 is 9.47 Å². The smallest absolute Gasteiger partial charge is 0.224 e. The van der Waals surface area contributed by atoms with Gasteiger partial charge in [-0.2, -0.15) is 4.98 Å². The van der Waals surface area contributed by atoms with Crippen LogP contribution in [0.2, 0.25) is 5.28 Å². The number of aryl methyl sites for hydroxylation is 2. The van der Waals surface area contributed by atoms with Crippen molar-refractivity contribution in [2.45, 2.75) is 13.5 Å². The number of rotatable bonds is 5. The van der Waals surface area contributed by atoms with Crippen LogP contribution in [0.5, 0.6) is 11.5 Å². The molecule has 0 spiro atoms. The topological polar surface area (TPSA) is 49.2 Å². The minimum absolute atomic E-state index is 0.238. The number of methoxy groups -OCH3 is 1. The molecule has 0 saturated carbocycles. The molecule has 0 bridgehead atoms. The zero-order valence-electron chi connectivity index (χ0n) is 15.9. The van der Waals surface area contributed by atoms with Gasteiger partial charge in [0.15, 0.2) is 0 Å². The van der Waals surface area contributed by atoms with E-state index in [-0.39, 0.29) is 5.28 Å². The van der Waals surface area contributed by atoms with E-state index in [1.807, 2.05) is 67.2 Å². The van der Waals surface area contributed by atoms with Crippen LogP contribution in [-0.2, 0) is 13.7 Å². The third kappa shape index (κ3) is 3.53. The van der Waals surface area contributed by atoms with Crippen LogP contribution in [0.4, 0.5) is 0 Å². The Bertz CT molecular complexity index is 1140. The molecule has 4 aromatic rings. The molecule has 4 rings (SSSR count). The standard InChI is InChI=1S/C22H20ClN3O2/c1-14-12-16(20-18-10-11-26(2)21(18)25-22(23)24-20)6-9-19(14)28-13-15-4-7-17(27-3)8-5-15/h4-12H,13H2,1-3H3. The molecular formula is C22H20ClN3O2. The van der Waals surface area contributed by atoms with E-state index >= 15 is 0 Å². The molecule has 2 aromatic carbocycles. The molecule has 0 aliphatic heterocycles. The fourth-order valence-electron chi connectivity index (χ4n) is 3.17. The lowest BCUT2D eigenvalue weighted by Gasteiger charge is -2.12. The van der Waals surface area contributed by atoms with Crippen LogP contribution >= 0.6 is 11.6 Å². The number of halogens is 1. The molecule has 0 saturated heterocycles. The Morgan fingerprint density at radius 3 is 2.54 bits per heavy atom. The summed E-state index contributed by atoms with van der Waals surface area (Å²) in [7, 11) is 3.60. The average Bonchev–Trinajstić information content (AvgIpc) is 3.07. The number of nitrogens with zero attached hydrogens (tertiary/aromatic N) is 3. The first-order valence-corrected chi connectivity index (χ1v) is 9.28. The van der Waals surface area contributed by atoms with Gasteiger partial charge in [0.25, 0.3) is 0 Å². The molecular weight excluding hydrogens is 374 g/mol. The van der Waals surface area contributed by atoms with E-state index in [1.165, 1.54) is 0 Å². The molecule has 5 nitrogen and oxygen atoms in total. The summed E-state index contributed by atoms with van der Waals surface area (Å²) in [5.41, 5.74) is 4.73. The number of benzene rings is 2. The summed E-state index contributed by atoms with van der Waals surface area (Å²) < 4.78 is 13.1. The second-order valence-corrected chi connectivity index (χ2v) is 6.96. The lowest BCUT2D eigenvalue weighted by atomic mass is 10.1. The molecule has 0 aliphatic carbocycles. The summed E-state index contributed by atoms with van der Waals surface area (Å²) >= 11 is 6.14. The Balaban J connectivity index is 1.59. The molecule has 6 heteroatoms. The van der Waals surface area contributed by atoms with Gasteiger partial charge in [-0.15, -0.1) is 0 Å². The zero-order chi connectivity index (χ0) is 19.7. The van der Waals surface area contributed by atoms with Crippen molar-refractivity contribution >= 4 is 22.6 Å². The highest BCUT2D eigenvalue weighted by molar-refractivity contribution is 6.28. The highest BCUT2D eigenvalue weighted by atomic mass is 35.5. The maximum atomic E-state index is 6.14. The van der Waals surface area contributed by atoms with Crippen molar-refractivity contribution in [2.75, 3.05) is 7.11 Å². The number of hydrogen-bond acceptors (Lipinski definition) is 4. The van der Waals surface area contributed by atoms with Crippen molar-refractivity contribution in [1.29, 1.82) is 0 Å².